The summed E-state index contributed by atoms with van der Waals surface area (Å²) in [5.74, 6) is -0.209. The minimum Gasteiger partial charge on any atom is -0.337 e. The van der Waals surface area contributed by atoms with Gasteiger partial charge in [-0.25, -0.2) is 13.4 Å². The molecule has 1 aliphatic rings. The van der Waals surface area contributed by atoms with Crippen molar-refractivity contribution in [3.63, 3.8) is 0 Å². The summed E-state index contributed by atoms with van der Waals surface area (Å²) >= 11 is 1.62. The van der Waals surface area contributed by atoms with Gasteiger partial charge in [0.15, 0.2) is 9.84 Å². The SMILES string of the molecule is O=C(c1cnc2ccccc2n1)N1CCC(S(=O)(=O)c2ccc(-c3cccs3)cc2)CC1. The zero-order valence-electron chi connectivity index (χ0n) is 17.2. The van der Waals surface area contributed by atoms with Crippen molar-refractivity contribution in [2.75, 3.05) is 13.1 Å². The molecule has 32 heavy (non-hydrogen) atoms. The summed E-state index contributed by atoms with van der Waals surface area (Å²) in [6, 6.07) is 18.5. The average molecular weight is 464 g/mol. The van der Waals surface area contributed by atoms with Gasteiger partial charge in [-0.05, 0) is 54.1 Å². The van der Waals surface area contributed by atoms with Crippen LogP contribution >= 0.6 is 11.3 Å². The summed E-state index contributed by atoms with van der Waals surface area (Å²) in [6.07, 6.45) is 2.30. The third-order valence-corrected chi connectivity index (χ3v) is 9.02. The van der Waals surface area contributed by atoms with E-state index >= 15 is 0 Å². The number of likely N-dealkylation sites (tertiary alicyclic amines) is 1. The van der Waals surface area contributed by atoms with Crippen molar-refractivity contribution in [2.24, 2.45) is 0 Å². The number of piperidine rings is 1. The van der Waals surface area contributed by atoms with Crippen molar-refractivity contribution in [1.82, 2.24) is 14.9 Å². The number of amides is 1. The number of fused-ring (bicyclic) bond motifs is 1. The molecule has 2 aromatic heterocycles. The van der Waals surface area contributed by atoms with Crippen molar-refractivity contribution < 1.29 is 13.2 Å². The van der Waals surface area contributed by atoms with Crippen LogP contribution in [-0.4, -0.2) is 47.5 Å². The van der Waals surface area contributed by atoms with E-state index in [9.17, 15) is 13.2 Å². The molecule has 8 heteroatoms. The number of aromatic nitrogens is 2. The maximum atomic E-state index is 13.2. The molecular formula is C24H21N3O3S2. The molecule has 4 aromatic rings. The summed E-state index contributed by atoms with van der Waals surface area (Å²) in [6.45, 7) is 0.759. The summed E-state index contributed by atoms with van der Waals surface area (Å²) in [4.78, 5) is 24.7. The first-order valence-electron chi connectivity index (χ1n) is 10.4. The van der Waals surface area contributed by atoms with Gasteiger partial charge in [-0.15, -0.1) is 11.3 Å². The molecule has 0 aliphatic carbocycles. The molecule has 0 saturated carbocycles. The smallest absolute Gasteiger partial charge is 0.274 e. The summed E-state index contributed by atoms with van der Waals surface area (Å²) < 4.78 is 26.3. The number of carbonyl (C=O) groups excluding carboxylic acids is 1. The largest absolute Gasteiger partial charge is 0.337 e. The van der Waals surface area contributed by atoms with E-state index in [1.165, 1.54) is 6.20 Å². The van der Waals surface area contributed by atoms with E-state index in [1.807, 2.05) is 53.9 Å². The van der Waals surface area contributed by atoms with Gasteiger partial charge in [0, 0.05) is 18.0 Å². The lowest BCUT2D eigenvalue weighted by atomic mass is 10.1. The number of benzene rings is 2. The summed E-state index contributed by atoms with van der Waals surface area (Å²) in [5.41, 5.74) is 2.70. The molecule has 1 aliphatic heterocycles. The molecule has 1 fully saturated rings. The number of hydrogen-bond donors (Lipinski definition) is 0. The lowest BCUT2D eigenvalue weighted by Gasteiger charge is -2.31. The fraction of sp³-hybridized carbons (Fsp3) is 0.208. The fourth-order valence-electron chi connectivity index (χ4n) is 4.04. The zero-order chi connectivity index (χ0) is 22.1. The molecule has 0 unspecified atom stereocenters. The van der Waals surface area contributed by atoms with E-state index in [0.29, 0.717) is 36.3 Å². The van der Waals surface area contributed by atoms with Gasteiger partial charge in [-0.2, -0.15) is 0 Å². The Morgan fingerprint density at radius 1 is 0.938 bits per heavy atom. The van der Waals surface area contributed by atoms with Crippen LogP contribution in [-0.2, 0) is 9.84 Å². The van der Waals surface area contributed by atoms with Crippen LogP contribution in [0.2, 0.25) is 0 Å². The Labute approximate surface area is 190 Å². The Kier molecular flexibility index (Phi) is 5.48. The molecule has 0 bridgehead atoms. The first-order chi connectivity index (χ1) is 15.5. The Balaban J connectivity index is 1.27. The lowest BCUT2D eigenvalue weighted by molar-refractivity contribution is 0.0719. The van der Waals surface area contributed by atoms with Crippen molar-refractivity contribution in [3.05, 3.63) is 77.9 Å². The highest BCUT2D eigenvalue weighted by Gasteiger charge is 2.33. The highest BCUT2D eigenvalue weighted by Crippen LogP contribution is 2.29. The van der Waals surface area contributed by atoms with Crippen molar-refractivity contribution in [1.29, 1.82) is 0 Å². The Hall–Kier alpha value is -3.10. The molecule has 0 spiro atoms. The maximum absolute atomic E-state index is 13.2. The predicted molar refractivity (Wildman–Crippen MR) is 125 cm³/mol. The second-order valence-corrected chi connectivity index (χ2v) is 11.0. The van der Waals surface area contributed by atoms with Crippen molar-refractivity contribution >= 4 is 38.1 Å². The Bertz CT molecular complexity index is 1360. The predicted octanol–water partition coefficient (Wildman–Crippen LogP) is 4.44. The van der Waals surface area contributed by atoms with Crippen LogP contribution in [0.25, 0.3) is 21.5 Å². The molecule has 0 atom stereocenters. The Morgan fingerprint density at radius 3 is 2.34 bits per heavy atom. The van der Waals surface area contributed by atoms with E-state index in [0.717, 1.165) is 16.0 Å². The van der Waals surface area contributed by atoms with Crippen molar-refractivity contribution in [3.8, 4) is 10.4 Å². The molecule has 2 aromatic carbocycles. The van der Waals surface area contributed by atoms with Crippen LogP contribution in [0.4, 0.5) is 0 Å². The third kappa shape index (κ3) is 3.91. The second kappa shape index (κ2) is 8.44. The van der Waals surface area contributed by atoms with Crippen LogP contribution in [0.5, 0.6) is 0 Å². The van der Waals surface area contributed by atoms with Crippen LogP contribution in [0.1, 0.15) is 23.3 Å². The van der Waals surface area contributed by atoms with Crippen LogP contribution in [0, 0.1) is 0 Å². The van der Waals surface area contributed by atoms with E-state index in [-0.39, 0.29) is 11.6 Å². The van der Waals surface area contributed by atoms with Gasteiger partial charge in [-0.3, -0.25) is 9.78 Å². The van der Waals surface area contributed by atoms with Gasteiger partial charge in [0.1, 0.15) is 5.69 Å². The highest BCUT2D eigenvalue weighted by atomic mass is 32.2. The van der Waals surface area contributed by atoms with Gasteiger partial charge < -0.3 is 4.90 Å². The van der Waals surface area contributed by atoms with Gasteiger partial charge in [0.2, 0.25) is 0 Å². The molecule has 6 nitrogen and oxygen atoms in total. The third-order valence-electron chi connectivity index (χ3n) is 5.82. The highest BCUT2D eigenvalue weighted by molar-refractivity contribution is 7.92. The molecule has 1 saturated heterocycles. The molecule has 0 N–H and O–H groups in total. The van der Waals surface area contributed by atoms with E-state index in [1.54, 1.807) is 28.4 Å². The van der Waals surface area contributed by atoms with Gasteiger partial charge in [-0.1, -0.05) is 30.3 Å². The first-order valence-corrected chi connectivity index (χ1v) is 12.8. The summed E-state index contributed by atoms with van der Waals surface area (Å²) in [5, 5.41) is 1.50. The number of thiophene rings is 1. The summed E-state index contributed by atoms with van der Waals surface area (Å²) in [7, 11) is -3.45. The lowest BCUT2D eigenvalue weighted by Crippen LogP contribution is -2.42. The number of hydrogen-bond acceptors (Lipinski definition) is 6. The van der Waals surface area contributed by atoms with Crippen LogP contribution in [0.3, 0.4) is 0 Å². The first kappa shape index (κ1) is 20.8. The van der Waals surface area contributed by atoms with E-state index < -0.39 is 15.1 Å². The number of sulfone groups is 1. The molecule has 162 valence electrons. The number of nitrogens with zero attached hydrogens (tertiary/aromatic N) is 3. The Morgan fingerprint density at radius 2 is 1.66 bits per heavy atom. The molecule has 0 radical (unpaired) electrons. The standard InChI is InChI=1S/C24H21N3O3S2/c28-24(22-16-25-20-4-1-2-5-21(20)26-22)27-13-11-19(12-14-27)32(29,30)18-9-7-17(8-10-18)23-6-3-15-31-23/h1-10,15-16,19H,11-14H2. The minimum atomic E-state index is -3.45. The van der Waals surface area contributed by atoms with Gasteiger partial charge in [0.25, 0.3) is 5.91 Å². The zero-order valence-corrected chi connectivity index (χ0v) is 18.8. The minimum absolute atomic E-state index is 0.209. The number of carbonyl (C=O) groups is 1. The normalized spacial score (nSPS) is 15.2. The molecule has 3 heterocycles. The fourth-order valence-corrected chi connectivity index (χ4v) is 6.50. The topological polar surface area (TPSA) is 80.2 Å². The molecule has 5 rings (SSSR count). The molecule has 1 amide bonds. The quantitative estimate of drug-likeness (QED) is 0.447. The van der Waals surface area contributed by atoms with Gasteiger partial charge >= 0.3 is 0 Å². The maximum Gasteiger partial charge on any atom is 0.274 e. The van der Waals surface area contributed by atoms with Gasteiger partial charge in [0.05, 0.1) is 27.4 Å². The van der Waals surface area contributed by atoms with Crippen LogP contribution < -0.4 is 0 Å². The van der Waals surface area contributed by atoms with Crippen LogP contribution in [0.15, 0.2) is 77.1 Å². The number of rotatable bonds is 4. The monoisotopic (exact) mass is 463 g/mol. The van der Waals surface area contributed by atoms with E-state index in [2.05, 4.69) is 9.97 Å². The van der Waals surface area contributed by atoms with Crippen molar-refractivity contribution in [2.45, 2.75) is 23.0 Å². The molecular weight excluding hydrogens is 442 g/mol. The van der Waals surface area contributed by atoms with E-state index in [4.69, 9.17) is 0 Å². The second-order valence-electron chi connectivity index (χ2n) is 7.78. The number of para-hydroxylation sites is 2. The average Bonchev–Trinajstić information content (AvgIpc) is 3.38.